The fraction of sp³-hybridized carbons (Fsp3) is 0.250. The predicted octanol–water partition coefficient (Wildman–Crippen LogP) is 4.04. The van der Waals surface area contributed by atoms with Crippen molar-refractivity contribution in [3.8, 4) is 5.75 Å². The van der Waals surface area contributed by atoms with Gasteiger partial charge in [0.2, 0.25) is 0 Å². The smallest absolute Gasteiger partial charge is 0.118 e. The lowest BCUT2D eigenvalue weighted by Gasteiger charge is -2.12. The zero-order chi connectivity index (χ0) is 13.8. The van der Waals surface area contributed by atoms with E-state index in [-0.39, 0.29) is 0 Å². The Morgan fingerprint density at radius 3 is 2.42 bits per heavy atom. The summed E-state index contributed by atoms with van der Waals surface area (Å²) in [4.78, 5) is 0. The van der Waals surface area contributed by atoms with Gasteiger partial charge in [-0.25, -0.2) is 0 Å². The van der Waals surface area contributed by atoms with Crippen molar-refractivity contribution in [1.82, 2.24) is 0 Å². The van der Waals surface area contributed by atoms with Crippen LogP contribution in [0.4, 0.5) is 0 Å². The summed E-state index contributed by atoms with van der Waals surface area (Å²) in [5.41, 5.74) is 3.18. The lowest BCUT2D eigenvalue weighted by Crippen LogP contribution is -2.02. The normalized spacial score (nSPS) is 12.2. The number of aliphatic hydroxyl groups is 1. The molecule has 0 fully saturated rings. The Morgan fingerprint density at radius 1 is 1.16 bits per heavy atom. The number of methoxy groups -OCH3 is 1. The van der Waals surface area contributed by atoms with Gasteiger partial charge in [0, 0.05) is 10.9 Å². The first-order valence-electron chi connectivity index (χ1n) is 6.17. The third kappa shape index (κ3) is 3.58. The topological polar surface area (TPSA) is 29.5 Å². The predicted molar refractivity (Wildman–Crippen MR) is 80.5 cm³/mol. The Hall–Kier alpha value is -1.32. The summed E-state index contributed by atoms with van der Waals surface area (Å²) in [7, 11) is 1.65. The molecule has 0 heterocycles. The standard InChI is InChI=1S/C16H17BrO2/c1-11-3-6-13(10-15(11)17)16(18)9-12-4-7-14(19-2)8-5-12/h3-8,10,16,18H,9H2,1-2H3. The van der Waals surface area contributed by atoms with Crippen molar-refractivity contribution in [3.05, 3.63) is 63.6 Å². The molecule has 0 saturated carbocycles. The van der Waals surface area contributed by atoms with E-state index in [2.05, 4.69) is 15.9 Å². The number of halogens is 1. The van der Waals surface area contributed by atoms with E-state index in [4.69, 9.17) is 4.74 Å². The van der Waals surface area contributed by atoms with Crippen LogP contribution < -0.4 is 4.74 Å². The quantitative estimate of drug-likeness (QED) is 0.921. The zero-order valence-corrected chi connectivity index (χ0v) is 12.6. The van der Waals surface area contributed by atoms with Crippen LogP contribution in [0, 0.1) is 6.92 Å². The van der Waals surface area contributed by atoms with Gasteiger partial charge in [-0.15, -0.1) is 0 Å². The number of benzene rings is 2. The third-order valence-electron chi connectivity index (χ3n) is 3.17. The van der Waals surface area contributed by atoms with Crippen LogP contribution in [0.1, 0.15) is 22.8 Å². The van der Waals surface area contributed by atoms with Crippen LogP contribution in [0.3, 0.4) is 0 Å². The van der Waals surface area contributed by atoms with E-state index in [0.29, 0.717) is 6.42 Å². The summed E-state index contributed by atoms with van der Waals surface area (Å²) >= 11 is 3.49. The second-order valence-corrected chi connectivity index (χ2v) is 5.43. The summed E-state index contributed by atoms with van der Waals surface area (Å²) in [5, 5.41) is 10.3. The van der Waals surface area contributed by atoms with E-state index in [1.165, 1.54) is 5.56 Å². The molecular weight excluding hydrogens is 304 g/mol. The SMILES string of the molecule is COc1ccc(CC(O)c2ccc(C)c(Br)c2)cc1. The first-order chi connectivity index (χ1) is 9.10. The Labute approximate surface area is 122 Å². The van der Waals surface area contributed by atoms with E-state index < -0.39 is 6.10 Å². The number of rotatable bonds is 4. The van der Waals surface area contributed by atoms with Gasteiger partial charge < -0.3 is 9.84 Å². The molecule has 0 bridgehead atoms. The molecule has 0 aromatic heterocycles. The van der Waals surface area contributed by atoms with E-state index in [0.717, 1.165) is 21.3 Å². The molecule has 0 aliphatic rings. The molecule has 100 valence electrons. The average molecular weight is 321 g/mol. The molecule has 0 radical (unpaired) electrons. The Balaban J connectivity index is 2.10. The van der Waals surface area contributed by atoms with Gasteiger partial charge in [0.15, 0.2) is 0 Å². The first kappa shape index (κ1) is 14.1. The van der Waals surface area contributed by atoms with Gasteiger partial charge in [-0.3, -0.25) is 0 Å². The first-order valence-corrected chi connectivity index (χ1v) is 6.96. The summed E-state index contributed by atoms with van der Waals surface area (Å²) in [5.74, 6) is 0.830. The molecule has 3 heteroatoms. The fourth-order valence-corrected chi connectivity index (χ4v) is 2.32. The minimum Gasteiger partial charge on any atom is -0.497 e. The van der Waals surface area contributed by atoms with E-state index in [9.17, 15) is 5.11 Å². The van der Waals surface area contributed by atoms with Crippen molar-refractivity contribution >= 4 is 15.9 Å². The van der Waals surface area contributed by atoms with Crippen molar-refractivity contribution in [2.75, 3.05) is 7.11 Å². The molecule has 2 aromatic carbocycles. The van der Waals surface area contributed by atoms with E-state index >= 15 is 0 Å². The maximum Gasteiger partial charge on any atom is 0.118 e. The van der Waals surface area contributed by atoms with Gasteiger partial charge in [0.05, 0.1) is 13.2 Å². The van der Waals surface area contributed by atoms with Crippen LogP contribution in [0.2, 0.25) is 0 Å². The zero-order valence-electron chi connectivity index (χ0n) is 11.1. The summed E-state index contributed by atoms with van der Waals surface area (Å²) < 4.78 is 6.15. The van der Waals surface area contributed by atoms with Gasteiger partial charge in [0.1, 0.15) is 5.75 Å². The molecule has 1 atom stereocenters. The van der Waals surface area contributed by atoms with Crippen molar-refractivity contribution < 1.29 is 9.84 Å². The molecule has 0 aliphatic carbocycles. The van der Waals surface area contributed by atoms with Crippen molar-refractivity contribution in [2.45, 2.75) is 19.4 Å². The highest BCUT2D eigenvalue weighted by atomic mass is 79.9. The highest BCUT2D eigenvalue weighted by Crippen LogP contribution is 2.24. The minimum atomic E-state index is -0.495. The number of ether oxygens (including phenoxy) is 1. The Bertz CT molecular complexity index is 549. The second-order valence-electron chi connectivity index (χ2n) is 4.58. The van der Waals surface area contributed by atoms with Crippen LogP contribution >= 0.6 is 15.9 Å². The van der Waals surface area contributed by atoms with Crippen LogP contribution in [-0.2, 0) is 6.42 Å². The summed E-state index contributed by atoms with van der Waals surface area (Å²) in [6, 6.07) is 13.7. The third-order valence-corrected chi connectivity index (χ3v) is 4.02. The highest BCUT2D eigenvalue weighted by molar-refractivity contribution is 9.10. The Morgan fingerprint density at radius 2 is 1.84 bits per heavy atom. The maximum atomic E-state index is 10.3. The fourth-order valence-electron chi connectivity index (χ4n) is 1.92. The summed E-state index contributed by atoms with van der Waals surface area (Å²) in [6.07, 6.45) is 0.102. The van der Waals surface area contributed by atoms with Crippen LogP contribution in [-0.4, -0.2) is 12.2 Å². The number of aryl methyl sites for hydroxylation is 1. The number of hydrogen-bond acceptors (Lipinski definition) is 2. The van der Waals surface area contributed by atoms with Gasteiger partial charge in [-0.1, -0.05) is 40.2 Å². The molecule has 1 unspecified atom stereocenters. The summed E-state index contributed by atoms with van der Waals surface area (Å²) in [6.45, 7) is 2.03. The lowest BCUT2D eigenvalue weighted by molar-refractivity contribution is 0.178. The van der Waals surface area contributed by atoms with E-state index in [1.807, 2.05) is 49.4 Å². The largest absolute Gasteiger partial charge is 0.497 e. The van der Waals surface area contributed by atoms with Gasteiger partial charge >= 0.3 is 0 Å². The monoisotopic (exact) mass is 320 g/mol. The number of aliphatic hydroxyl groups excluding tert-OH is 1. The molecule has 2 aromatic rings. The second kappa shape index (κ2) is 6.22. The van der Waals surface area contributed by atoms with Crippen molar-refractivity contribution in [2.24, 2.45) is 0 Å². The number of hydrogen-bond donors (Lipinski definition) is 1. The molecule has 19 heavy (non-hydrogen) atoms. The molecule has 0 aliphatic heterocycles. The van der Waals surface area contributed by atoms with Crippen LogP contribution in [0.25, 0.3) is 0 Å². The minimum absolute atomic E-state index is 0.495. The molecular formula is C16H17BrO2. The van der Waals surface area contributed by atoms with Gasteiger partial charge in [-0.05, 0) is 41.8 Å². The molecule has 1 N–H and O–H groups in total. The van der Waals surface area contributed by atoms with Gasteiger partial charge in [0.25, 0.3) is 0 Å². The molecule has 0 saturated heterocycles. The average Bonchev–Trinajstić information content (AvgIpc) is 2.42. The highest BCUT2D eigenvalue weighted by Gasteiger charge is 2.10. The molecule has 0 spiro atoms. The Kier molecular flexibility index (Phi) is 4.61. The van der Waals surface area contributed by atoms with Crippen molar-refractivity contribution in [3.63, 3.8) is 0 Å². The van der Waals surface area contributed by atoms with Crippen molar-refractivity contribution in [1.29, 1.82) is 0 Å². The molecule has 2 rings (SSSR count). The van der Waals surface area contributed by atoms with Crippen LogP contribution in [0.5, 0.6) is 5.75 Å². The molecule has 2 nitrogen and oxygen atoms in total. The lowest BCUT2D eigenvalue weighted by atomic mass is 10.0. The van der Waals surface area contributed by atoms with E-state index in [1.54, 1.807) is 7.11 Å². The van der Waals surface area contributed by atoms with Gasteiger partial charge in [-0.2, -0.15) is 0 Å². The molecule has 0 amide bonds. The van der Waals surface area contributed by atoms with Crippen LogP contribution in [0.15, 0.2) is 46.9 Å². The maximum absolute atomic E-state index is 10.3.